The number of hydrogen-bond donors (Lipinski definition) is 2. The minimum absolute atomic E-state index is 0.0820. The second-order valence-corrected chi connectivity index (χ2v) is 6.81. The van der Waals surface area contributed by atoms with E-state index < -0.39 is 21.1 Å². The minimum Gasteiger partial charge on any atom is -0.364 e. The number of benzene rings is 2. The lowest BCUT2D eigenvalue weighted by molar-refractivity contribution is -0.384. The first-order chi connectivity index (χ1) is 10.4. The van der Waals surface area contributed by atoms with Gasteiger partial charge in [-0.3, -0.25) is 10.1 Å². The van der Waals surface area contributed by atoms with E-state index in [1.807, 2.05) is 0 Å². The number of anilines is 1. The van der Waals surface area contributed by atoms with E-state index in [1.54, 1.807) is 6.07 Å². The number of nitro groups is 1. The van der Waals surface area contributed by atoms with Gasteiger partial charge in [0.25, 0.3) is 5.69 Å². The lowest BCUT2D eigenvalue weighted by atomic mass is 10.1. The van der Waals surface area contributed by atoms with Gasteiger partial charge in [0.05, 0.1) is 10.6 Å². The average molecular weight is 340 g/mol. The van der Waals surface area contributed by atoms with Crippen LogP contribution in [0.5, 0.6) is 0 Å². The highest BCUT2D eigenvalue weighted by molar-refractivity contribution is 7.89. The van der Waals surface area contributed by atoms with E-state index in [0.29, 0.717) is 16.3 Å². The van der Waals surface area contributed by atoms with Gasteiger partial charge in [-0.1, -0.05) is 23.7 Å². The van der Waals surface area contributed by atoms with Gasteiger partial charge in [-0.15, -0.1) is 0 Å². The van der Waals surface area contributed by atoms with Crippen molar-refractivity contribution in [2.45, 2.75) is 11.1 Å². The van der Waals surface area contributed by atoms with Gasteiger partial charge in [0, 0.05) is 17.2 Å². The third-order valence-corrected chi connectivity index (χ3v) is 4.93. The summed E-state index contributed by atoms with van der Waals surface area (Å²) in [5.41, 5.74) is 0.668. The number of halogens is 1. The zero-order chi connectivity index (χ0) is 15.9. The van der Waals surface area contributed by atoms with Crippen molar-refractivity contribution in [1.82, 2.24) is 4.72 Å². The molecule has 0 aromatic heterocycles. The number of nitro benzene ring substituents is 1. The first kappa shape index (κ1) is 14.8. The van der Waals surface area contributed by atoms with E-state index in [4.69, 9.17) is 11.6 Å². The van der Waals surface area contributed by atoms with Crippen LogP contribution in [0.25, 0.3) is 0 Å². The summed E-state index contributed by atoms with van der Waals surface area (Å²) in [4.78, 5) is 10.4. The molecular weight excluding hydrogens is 330 g/mol. The Hall–Kier alpha value is -2.16. The van der Waals surface area contributed by atoms with Gasteiger partial charge in [-0.2, -0.15) is 4.72 Å². The molecule has 0 saturated heterocycles. The number of fused-ring (bicyclic) bond motifs is 1. The second kappa shape index (κ2) is 5.24. The topological polar surface area (TPSA) is 101 Å². The van der Waals surface area contributed by atoms with Crippen molar-refractivity contribution in [2.24, 2.45) is 0 Å². The lowest BCUT2D eigenvalue weighted by Gasteiger charge is -2.28. The molecule has 2 aromatic rings. The van der Waals surface area contributed by atoms with Gasteiger partial charge in [0.2, 0.25) is 10.0 Å². The van der Waals surface area contributed by atoms with E-state index >= 15 is 0 Å². The molecule has 1 heterocycles. The summed E-state index contributed by atoms with van der Waals surface area (Å²) in [5, 5.41) is 14.2. The van der Waals surface area contributed by atoms with Crippen LogP contribution in [0.3, 0.4) is 0 Å². The van der Waals surface area contributed by atoms with Crippen molar-refractivity contribution in [2.75, 3.05) is 5.32 Å². The maximum absolute atomic E-state index is 12.3. The van der Waals surface area contributed by atoms with Crippen LogP contribution < -0.4 is 10.0 Å². The third-order valence-electron chi connectivity index (χ3n) is 3.22. The fourth-order valence-electron chi connectivity index (χ4n) is 2.22. The van der Waals surface area contributed by atoms with Crippen LogP contribution in [-0.2, 0) is 10.0 Å². The van der Waals surface area contributed by atoms with Crippen LogP contribution in [0.15, 0.2) is 47.4 Å². The van der Waals surface area contributed by atoms with Crippen molar-refractivity contribution in [3.05, 3.63) is 63.2 Å². The number of nitrogens with one attached hydrogen (secondary N) is 2. The molecule has 22 heavy (non-hydrogen) atoms. The summed E-state index contributed by atoms with van der Waals surface area (Å²) in [5.74, 6) is 0. The number of hydrogen-bond acceptors (Lipinski definition) is 5. The summed E-state index contributed by atoms with van der Waals surface area (Å²) in [6, 6.07) is 10.1. The number of nitrogens with zero attached hydrogens (tertiary/aromatic N) is 1. The summed E-state index contributed by atoms with van der Waals surface area (Å²) >= 11 is 5.89. The Balaban J connectivity index is 2.05. The Bertz CT molecular complexity index is 869. The predicted molar refractivity (Wildman–Crippen MR) is 81.2 cm³/mol. The van der Waals surface area contributed by atoms with Crippen LogP contribution in [0, 0.1) is 10.1 Å². The van der Waals surface area contributed by atoms with E-state index in [2.05, 4.69) is 10.0 Å². The van der Waals surface area contributed by atoms with Gasteiger partial charge in [0.1, 0.15) is 11.1 Å². The molecule has 114 valence electrons. The fraction of sp³-hybridized carbons (Fsp3) is 0.0769. The van der Waals surface area contributed by atoms with Gasteiger partial charge < -0.3 is 5.32 Å². The SMILES string of the molecule is O=[N+]([O-])c1cccc([C@H]2Nc3cc(Cl)ccc3S(=O)(=O)N2)c1. The Morgan fingerprint density at radius 3 is 2.68 bits per heavy atom. The molecule has 0 unspecified atom stereocenters. The summed E-state index contributed by atoms with van der Waals surface area (Å²) < 4.78 is 27.0. The Labute approximate surface area is 131 Å². The van der Waals surface area contributed by atoms with E-state index in [9.17, 15) is 18.5 Å². The maximum Gasteiger partial charge on any atom is 0.269 e. The molecule has 0 bridgehead atoms. The predicted octanol–water partition coefficient (Wildman–Crippen LogP) is 2.65. The van der Waals surface area contributed by atoms with E-state index in [1.165, 1.54) is 36.4 Å². The molecule has 9 heteroatoms. The molecule has 3 rings (SSSR count). The van der Waals surface area contributed by atoms with Gasteiger partial charge in [-0.25, -0.2) is 8.42 Å². The zero-order valence-electron chi connectivity index (χ0n) is 11.0. The molecule has 0 radical (unpaired) electrons. The highest BCUT2D eigenvalue weighted by Gasteiger charge is 2.30. The first-order valence-corrected chi connectivity index (χ1v) is 8.06. The monoisotopic (exact) mass is 339 g/mol. The van der Waals surface area contributed by atoms with Crippen molar-refractivity contribution in [3.8, 4) is 0 Å². The molecule has 0 fully saturated rings. The molecule has 0 saturated carbocycles. The highest BCUT2D eigenvalue weighted by Crippen LogP contribution is 2.33. The second-order valence-electron chi connectivity index (χ2n) is 4.69. The lowest BCUT2D eigenvalue weighted by Crippen LogP contribution is -2.38. The van der Waals surface area contributed by atoms with Crippen molar-refractivity contribution in [1.29, 1.82) is 0 Å². The molecule has 0 amide bonds. The highest BCUT2D eigenvalue weighted by atomic mass is 35.5. The quantitative estimate of drug-likeness (QED) is 0.647. The summed E-state index contributed by atoms with van der Waals surface area (Å²) in [6.07, 6.45) is -0.809. The molecule has 0 aliphatic carbocycles. The Kier molecular flexibility index (Phi) is 3.51. The maximum atomic E-state index is 12.3. The van der Waals surface area contributed by atoms with E-state index in [-0.39, 0.29) is 10.6 Å². The standard InChI is InChI=1S/C13H10ClN3O4S/c14-9-4-5-12-11(7-9)15-13(16-22(12,20)21)8-2-1-3-10(6-8)17(18)19/h1-7,13,15-16H/t13-/m0/s1. The van der Waals surface area contributed by atoms with Crippen LogP contribution in [0.1, 0.15) is 11.7 Å². The summed E-state index contributed by atoms with van der Waals surface area (Å²) in [6.45, 7) is 0. The van der Waals surface area contributed by atoms with Gasteiger partial charge >= 0.3 is 0 Å². The Morgan fingerprint density at radius 1 is 1.18 bits per heavy atom. The first-order valence-electron chi connectivity index (χ1n) is 6.19. The zero-order valence-corrected chi connectivity index (χ0v) is 12.6. The molecule has 1 aliphatic heterocycles. The molecular formula is C13H10ClN3O4S. The van der Waals surface area contributed by atoms with E-state index in [0.717, 1.165) is 0 Å². The number of non-ortho nitro benzene ring substituents is 1. The largest absolute Gasteiger partial charge is 0.364 e. The Morgan fingerprint density at radius 2 is 1.95 bits per heavy atom. The van der Waals surface area contributed by atoms with Crippen molar-refractivity contribution in [3.63, 3.8) is 0 Å². The number of rotatable bonds is 2. The summed E-state index contributed by atoms with van der Waals surface area (Å²) in [7, 11) is -3.73. The molecule has 7 nitrogen and oxygen atoms in total. The normalized spacial score (nSPS) is 19.0. The van der Waals surface area contributed by atoms with Gasteiger partial charge in [0.15, 0.2) is 0 Å². The van der Waals surface area contributed by atoms with Crippen molar-refractivity contribution < 1.29 is 13.3 Å². The molecule has 1 aliphatic rings. The molecule has 2 N–H and O–H groups in total. The van der Waals surface area contributed by atoms with Crippen molar-refractivity contribution >= 4 is 33.0 Å². The minimum atomic E-state index is -3.73. The molecule has 1 atom stereocenters. The van der Waals surface area contributed by atoms with Crippen LogP contribution >= 0.6 is 11.6 Å². The fourth-order valence-corrected chi connectivity index (χ4v) is 3.68. The smallest absolute Gasteiger partial charge is 0.269 e. The van der Waals surface area contributed by atoms with Gasteiger partial charge in [-0.05, 0) is 23.8 Å². The number of sulfonamides is 1. The van der Waals surface area contributed by atoms with Crippen LogP contribution in [0.4, 0.5) is 11.4 Å². The third kappa shape index (κ3) is 2.63. The van der Waals surface area contributed by atoms with Crippen LogP contribution in [0.2, 0.25) is 5.02 Å². The average Bonchev–Trinajstić information content (AvgIpc) is 2.46. The van der Waals surface area contributed by atoms with Crippen LogP contribution in [-0.4, -0.2) is 13.3 Å². The molecule has 0 spiro atoms. The molecule has 2 aromatic carbocycles.